The van der Waals surface area contributed by atoms with E-state index >= 15 is 0 Å². The zero-order chi connectivity index (χ0) is 13.5. The SMILES string of the molecule is CSCc1ccc(C(=O)NC(C)C(C)CO)cc1. The zero-order valence-electron chi connectivity index (χ0n) is 11.1. The smallest absolute Gasteiger partial charge is 0.251 e. The fourth-order valence-corrected chi connectivity index (χ4v) is 2.04. The van der Waals surface area contributed by atoms with Crippen molar-refractivity contribution in [3.63, 3.8) is 0 Å². The van der Waals surface area contributed by atoms with E-state index in [9.17, 15) is 4.79 Å². The summed E-state index contributed by atoms with van der Waals surface area (Å²) in [6.07, 6.45) is 2.05. The molecule has 2 unspecified atom stereocenters. The summed E-state index contributed by atoms with van der Waals surface area (Å²) in [6.45, 7) is 3.89. The Hall–Kier alpha value is -1.00. The zero-order valence-corrected chi connectivity index (χ0v) is 12.0. The standard InChI is InChI=1S/C14H21NO2S/c1-10(8-16)11(2)15-14(17)13-6-4-12(5-7-13)9-18-3/h4-7,10-11,16H,8-9H2,1-3H3,(H,15,17). The lowest BCUT2D eigenvalue weighted by Gasteiger charge is -2.19. The van der Waals surface area contributed by atoms with Crippen molar-refractivity contribution in [3.05, 3.63) is 35.4 Å². The Morgan fingerprint density at radius 1 is 1.33 bits per heavy atom. The number of hydrogen-bond acceptors (Lipinski definition) is 3. The van der Waals surface area contributed by atoms with Gasteiger partial charge in [-0.3, -0.25) is 4.79 Å². The van der Waals surface area contributed by atoms with Crippen molar-refractivity contribution < 1.29 is 9.90 Å². The molecule has 2 N–H and O–H groups in total. The largest absolute Gasteiger partial charge is 0.396 e. The van der Waals surface area contributed by atoms with Gasteiger partial charge in [-0.05, 0) is 36.8 Å². The molecule has 1 aromatic carbocycles. The normalized spacial score (nSPS) is 14.0. The Balaban J connectivity index is 2.61. The van der Waals surface area contributed by atoms with Crippen molar-refractivity contribution >= 4 is 17.7 Å². The quantitative estimate of drug-likeness (QED) is 0.831. The number of thioether (sulfide) groups is 1. The first kappa shape index (κ1) is 15.1. The lowest BCUT2D eigenvalue weighted by Crippen LogP contribution is -2.38. The van der Waals surface area contributed by atoms with E-state index in [0.29, 0.717) is 5.56 Å². The number of aliphatic hydroxyl groups excluding tert-OH is 1. The third-order valence-corrected chi connectivity index (χ3v) is 3.65. The maximum atomic E-state index is 11.9. The topological polar surface area (TPSA) is 49.3 Å². The molecule has 0 heterocycles. The Morgan fingerprint density at radius 2 is 1.94 bits per heavy atom. The van der Waals surface area contributed by atoms with Crippen molar-refractivity contribution in [2.24, 2.45) is 5.92 Å². The van der Waals surface area contributed by atoms with Crippen LogP contribution in [0.1, 0.15) is 29.8 Å². The van der Waals surface area contributed by atoms with E-state index < -0.39 is 0 Å². The first-order valence-electron chi connectivity index (χ1n) is 6.08. The molecule has 1 rings (SSSR count). The third-order valence-electron chi connectivity index (χ3n) is 3.03. The molecule has 0 bridgehead atoms. The van der Waals surface area contributed by atoms with Crippen LogP contribution in [0.2, 0.25) is 0 Å². The molecule has 4 heteroatoms. The van der Waals surface area contributed by atoms with Crippen molar-refractivity contribution in [3.8, 4) is 0 Å². The predicted molar refractivity (Wildman–Crippen MR) is 76.8 cm³/mol. The lowest BCUT2D eigenvalue weighted by molar-refractivity contribution is 0.0916. The van der Waals surface area contributed by atoms with Gasteiger partial charge < -0.3 is 10.4 Å². The second-order valence-electron chi connectivity index (χ2n) is 4.55. The van der Waals surface area contributed by atoms with Crippen LogP contribution in [0.4, 0.5) is 0 Å². The van der Waals surface area contributed by atoms with Crippen molar-refractivity contribution in [2.45, 2.75) is 25.6 Å². The highest BCUT2D eigenvalue weighted by atomic mass is 32.2. The van der Waals surface area contributed by atoms with Crippen LogP contribution >= 0.6 is 11.8 Å². The molecule has 0 aromatic heterocycles. The number of rotatable bonds is 6. The average Bonchev–Trinajstić information content (AvgIpc) is 2.38. The van der Waals surface area contributed by atoms with Crippen molar-refractivity contribution in [1.82, 2.24) is 5.32 Å². The van der Waals surface area contributed by atoms with Crippen molar-refractivity contribution in [2.75, 3.05) is 12.9 Å². The summed E-state index contributed by atoms with van der Waals surface area (Å²) in [5.74, 6) is 0.933. The molecular weight excluding hydrogens is 246 g/mol. The van der Waals surface area contributed by atoms with Gasteiger partial charge in [0.25, 0.3) is 5.91 Å². The van der Waals surface area contributed by atoms with Gasteiger partial charge in [0.2, 0.25) is 0 Å². The van der Waals surface area contributed by atoms with E-state index in [0.717, 1.165) is 5.75 Å². The summed E-state index contributed by atoms with van der Waals surface area (Å²) in [7, 11) is 0. The molecule has 0 aliphatic rings. The van der Waals surface area contributed by atoms with Gasteiger partial charge in [0.05, 0.1) is 0 Å². The molecule has 2 atom stereocenters. The van der Waals surface area contributed by atoms with E-state index in [1.807, 2.05) is 38.1 Å². The number of nitrogens with one attached hydrogen (secondary N) is 1. The molecule has 0 saturated heterocycles. The average molecular weight is 267 g/mol. The van der Waals surface area contributed by atoms with Crippen LogP contribution in [-0.2, 0) is 5.75 Å². The van der Waals surface area contributed by atoms with Crippen LogP contribution in [0, 0.1) is 5.92 Å². The summed E-state index contributed by atoms with van der Waals surface area (Å²) in [4.78, 5) is 11.9. The highest BCUT2D eigenvalue weighted by Crippen LogP contribution is 2.11. The maximum absolute atomic E-state index is 11.9. The van der Waals surface area contributed by atoms with Crippen LogP contribution in [0.25, 0.3) is 0 Å². The van der Waals surface area contributed by atoms with Crippen LogP contribution in [0.5, 0.6) is 0 Å². The van der Waals surface area contributed by atoms with Crippen LogP contribution < -0.4 is 5.32 Å². The van der Waals surface area contributed by atoms with E-state index in [2.05, 4.69) is 11.6 Å². The first-order chi connectivity index (χ1) is 8.58. The van der Waals surface area contributed by atoms with Gasteiger partial charge >= 0.3 is 0 Å². The van der Waals surface area contributed by atoms with Crippen LogP contribution in [0.3, 0.4) is 0 Å². The van der Waals surface area contributed by atoms with E-state index in [1.165, 1.54) is 5.56 Å². The van der Waals surface area contributed by atoms with Gasteiger partial charge in [-0.15, -0.1) is 0 Å². The molecule has 100 valence electrons. The minimum atomic E-state index is -0.0847. The summed E-state index contributed by atoms with van der Waals surface area (Å²) < 4.78 is 0. The lowest BCUT2D eigenvalue weighted by atomic mass is 10.0. The highest BCUT2D eigenvalue weighted by Gasteiger charge is 2.14. The first-order valence-corrected chi connectivity index (χ1v) is 7.47. The van der Waals surface area contributed by atoms with Crippen molar-refractivity contribution in [1.29, 1.82) is 0 Å². The number of carbonyl (C=O) groups excluding carboxylic acids is 1. The molecule has 0 radical (unpaired) electrons. The number of amides is 1. The van der Waals surface area contributed by atoms with E-state index in [4.69, 9.17) is 5.11 Å². The Morgan fingerprint density at radius 3 is 2.44 bits per heavy atom. The van der Waals surface area contributed by atoms with Gasteiger partial charge in [-0.2, -0.15) is 11.8 Å². The van der Waals surface area contributed by atoms with Gasteiger partial charge in [0.1, 0.15) is 0 Å². The molecule has 0 fully saturated rings. The summed E-state index contributed by atoms with van der Waals surface area (Å²) in [5.41, 5.74) is 1.88. The molecule has 18 heavy (non-hydrogen) atoms. The summed E-state index contributed by atoms with van der Waals surface area (Å²) in [6, 6.07) is 7.61. The van der Waals surface area contributed by atoms with Gasteiger partial charge in [-0.25, -0.2) is 0 Å². The van der Waals surface area contributed by atoms with Gasteiger partial charge in [0, 0.05) is 24.0 Å². The number of hydrogen-bond donors (Lipinski definition) is 2. The third kappa shape index (κ3) is 4.35. The number of benzene rings is 1. The second kappa shape index (κ2) is 7.44. The fraction of sp³-hybridized carbons (Fsp3) is 0.500. The Kier molecular flexibility index (Phi) is 6.22. The van der Waals surface area contributed by atoms with Crippen LogP contribution in [0.15, 0.2) is 24.3 Å². The molecule has 1 aromatic rings. The van der Waals surface area contributed by atoms with E-state index in [-0.39, 0.29) is 24.5 Å². The molecule has 1 amide bonds. The van der Waals surface area contributed by atoms with Gasteiger partial charge in [0.15, 0.2) is 0 Å². The monoisotopic (exact) mass is 267 g/mol. The molecule has 0 saturated carbocycles. The maximum Gasteiger partial charge on any atom is 0.251 e. The van der Waals surface area contributed by atoms with Crippen LogP contribution in [-0.4, -0.2) is 29.9 Å². The number of carbonyl (C=O) groups is 1. The molecule has 3 nitrogen and oxygen atoms in total. The van der Waals surface area contributed by atoms with E-state index in [1.54, 1.807) is 11.8 Å². The molecule has 0 aliphatic heterocycles. The molecule has 0 aliphatic carbocycles. The van der Waals surface area contributed by atoms with Gasteiger partial charge in [-0.1, -0.05) is 19.1 Å². The Labute approximate surface area is 113 Å². The minimum Gasteiger partial charge on any atom is -0.396 e. The fourth-order valence-electron chi connectivity index (χ4n) is 1.51. The minimum absolute atomic E-state index is 0.0339. The predicted octanol–water partition coefficient (Wildman–Crippen LogP) is 2.30. The molecule has 0 spiro atoms. The number of aliphatic hydroxyl groups is 1. The highest BCUT2D eigenvalue weighted by molar-refractivity contribution is 7.97. The summed E-state index contributed by atoms with van der Waals surface area (Å²) in [5, 5.41) is 11.9. The summed E-state index contributed by atoms with van der Waals surface area (Å²) >= 11 is 1.76. The molecular formula is C14H21NO2S. The second-order valence-corrected chi connectivity index (χ2v) is 5.42. The Bertz CT molecular complexity index is 378.